The second-order valence-electron chi connectivity index (χ2n) is 13.4. The van der Waals surface area contributed by atoms with Crippen LogP contribution in [-0.4, -0.2) is 90.0 Å². The van der Waals surface area contributed by atoms with Gasteiger partial charge in [-0.2, -0.15) is 0 Å². The summed E-state index contributed by atoms with van der Waals surface area (Å²) in [5.74, 6) is -2.05. The van der Waals surface area contributed by atoms with Crippen LogP contribution in [0.25, 0.3) is 10.9 Å². The molecule has 6 rings (SSSR count). The van der Waals surface area contributed by atoms with Crippen molar-refractivity contribution in [3.05, 3.63) is 63.8 Å². The number of nitrogens with zero attached hydrogens (tertiary/aromatic N) is 3. The molecule has 49 heavy (non-hydrogen) atoms. The van der Waals surface area contributed by atoms with E-state index in [2.05, 4.69) is 15.1 Å². The number of aromatic nitrogens is 1. The molecule has 2 saturated heterocycles. The minimum atomic E-state index is -1.32. The lowest BCUT2D eigenvalue weighted by Gasteiger charge is -2.48. The van der Waals surface area contributed by atoms with Gasteiger partial charge in [-0.3, -0.25) is 24.2 Å². The number of benzene rings is 2. The van der Waals surface area contributed by atoms with E-state index in [1.165, 1.54) is 0 Å². The van der Waals surface area contributed by atoms with E-state index in [1.54, 1.807) is 25.4 Å². The number of Topliss-reactive ketones (excluding diaryl/α,β-unsaturated/α-hetero) is 1. The molecule has 264 valence electrons. The van der Waals surface area contributed by atoms with Crippen LogP contribution in [0.5, 0.6) is 0 Å². The van der Waals surface area contributed by atoms with Crippen molar-refractivity contribution < 1.29 is 28.6 Å². The number of esters is 1. The van der Waals surface area contributed by atoms with Crippen LogP contribution >= 0.6 is 23.2 Å². The third-order valence-electron chi connectivity index (χ3n) is 10.3. The Balaban J connectivity index is 1.26. The van der Waals surface area contributed by atoms with Gasteiger partial charge in [0.15, 0.2) is 5.78 Å². The molecule has 2 atom stereocenters. The number of carbonyl (C=O) groups is 3. The van der Waals surface area contributed by atoms with Crippen molar-refractivity contribution in [1.82, 2.24) is 14.4 Å². The largest absolute Gasteiger partial charge is 0.466 e. The van der Waals surface area contributed by atoms with Gasteiger partial charge < -0.3 is 24.1 Å². The zero-order valence-electron chi connectivity index (χ0n) is 28.5. The normalized spacial score (nSPS) is 23.1. The van der Waals surface area contributed by atoms with E-state index in [4.69, 9.17) is 37.4 Å². The number of aryl methyl sites for hydroxylation is 1. The lowest BCUT2D eigenvalue weighted by Crippen LogP contribution is -2.67. The number of ether oxygens (including phenoxy) is 3. The van der Waals surface area contributed by atoms with Crippen molar-refractivity contribution in [3.8, 4) is 0 Å². The second kappa shape index (κ2) is 15.5. The highest BCUT2D eigenvalue weighted by molar-refractivity contribution is 6.36. The van der Waals surface area contributed by atoms with Gasteiger partial charge in [0.25, 0.3) is 5.91 Å². The Bertz CT molecular complexity index is 1680. The first-order valence-electron chi connectivity index (χ1n) is 17.4. The molecule has 1 saturated carbocycles. The molecule has 1 aromatic heterocycles. The molecule has 12 heteroatoms. The summed E-state index contributed by atoms with van der Waals surface area (Å²) in [4.78, 5) is 45.0. The Labute approximate surface area is 297 Å². The predicted molar refractivity (Wildman–Crippen MR) is 190 cm³/mol. The second-order valence-corrected chi connectivity index (χ2v) is 14.2. The van der Waals surface area contributed by atoms with Gasteiger partial charge in [-0.05, 0) is 75.6 Å². The number of fused-ring (bicyclic) bond motifs is 1. The minimum absolute atomic E-state index is 0.0133. The minimum Gasteiger partial charge on any atom is -0.466 e. The Morgan fingerprint density at radius 3 is 2.37 bits per heavy atom. The van der Waals surface area contributed by atoms with Gasteiger partial charge in [-0.25, -0.2) is 0 Å². The number of methoxy groups -OCH3 is 1. The van der Waals surface area contributed by atoms with Crippen molar-refractivity contribution in [2.75, 3.05) is 45.2 Å². The molecule has 3 fully saturated rings. The van der Waals surface area contributed by atoms with Gasteiger partial charge in [0.05, 0.1) is 41.0 Å². The summed E-state index contributed by atoms with van der Waals surface area (Å²) in [6.07, 6.45) is 6.90. The molecule has 3 heterocycles. The lowest BCUT2D eigenvalue weighted by molar-refractivity contribution is -0.253. The summed E-state index contributed by atoms with van der Waals surface area (Å²) in [5, 5.41) is 4.36. The third-order valence-corrected chi connectivity index (χ3v) is 11.0. The van der Waals surface area contributed by atoms with E-state index in [9.17, 15) is 14.4 Å². The molecule has 0 bridgehead atoms. The Morgan fingerprint density at radius 2 is 1.67 bits per heavy atom. The standard InChI is InChI=1S/C37H46Cl2N4O6/c1-4-48-36(46)24-11-13-26(14-12-24)49-37(42-16-7-8-17-42,43-18-15-27(22-43)47-3)34(44)20-25-19-31(39)32(21-30(25)38)40-35(45)29-23-41(2)33-10-6-5-9-28(29)33/h5-6,9-10,19,21,23-24,26-27H,4,7-8,11-18,20,22H2,1-3H3,(H,40,45)/t24?,26?,27-,37?/m0/s1. The fourth-order valence-corrected chi connectivity index (χ4v) is 8.18. The molecule has 2 aromatic carbocycles. The first-order valence-corrected chi connectivity index (χ1v) is 18.1. The van der Waals surface area contributed by atoms with Crippen LogP contribution in [0.15, 0.2) is 42.6 Å². The average molecular weight is 714 g/mol. The SMILES string of the molecule is CCOC(=O)C1CCC(OC(C(=O)Cc2cc(Cl)c(NC(=O)c3cn(C)c4ccccc34)cc2Cl)(N2CCCC2)N2CC[C@H](OC)C2)CC1. The third kappa shape index (κ3) is 7.41. The van der Waals surface area contributed by atoms with Crippen LogP contribution < -0.4 is 5.32 Å². The number of hydrogen-bond acceptors (Lipinski definition) is 8. The highest BCUT2D eigenvalue weighted by Gasteiger charge is 2.54. The molecule has 2 aliphatic heterocycles. The van der Waals surface area contributed by atoms with E-state index < -0.39 is 5.85 Å². The van der Waals surface area contributed by atoms with Gasteiger partial charge >= 0.3 is 5.97 Å². The zero-order chi connectivity index (χ0) is 34.7. The molecular weight excluding hydrogens is 667 g/mol. The molecule has 1 amide bonds. The van der Waals surface area contributed by atoms with E-state index >= 15 is 0 Å². The van der Waals surface area contributed by atoms with Crippen molar-refractivity contribution in [2.45, 2.75) is 76.3 Å². The summed E-state index contributed by atoms with van der Waals surface area (Å²) < 4.78 is 20.0. The van der Waals surface area contributed by atoms with Gasteiger partial charge in [-0.1, -0.05) is 41.4 Å². The van der Waals surface area contributed by atoms with E-state index in [1.807, 2.05) is 42.8 Å². The number of para-hydroxylation sites is 1. The number of ketones is 1. The monoisotopic (exact) mass is 712 g/mol. The maximum absolute atomic E-state index is 14.9. The topological polar surface area (TPSA) is 102 Å². The van der Waals surface area contributed by atoms with Crippen molar-refractivity contribution >= 4 is 57.5 Å². The molecule has 0 spiro atoms. The molecule has 3 aliphatic rings. The first-order chi connectivity index (χ1) is 23.6. The summed E-state index contributed by atoms with van der Waals surface area (Å²) in [5.41, 5.74) is 2.38. The Kier molecular flexibility index (Phi) is 11.3. The van der Waals surface area contributed by atoms with E-state index in [-0.39, 0.29) is 47.2 Å². The number of nitrogens with one attached hydrogen (secondary N) is 1. The van der Waals surface area contributed by atoms with Gasteiger partial charge in [-0.15, -0.1) is 0 Å². The van der Waals surface area contributed by atoms with Gasteiger partial charge in [0, 0.05) is 68.9 Å². The quantitative estimate of drug-likeness (QED) is 0.214. The van der Waals surface area contributed by atoms with Crippen molar-refractivity contribution in [1.29, 1.82) is 0 Å². The summed E-state index contributed by atoms with van der Waals surface area (Å²) in [6.45, 7) is 4.84. The molecule has 1 unspecified atom stereocenters. The number of hydrogen-bond donors (Lipinski definition) is 1. The van der Waals surface area contributed by atoms with Crippen molar-refractivity contribution in [3.63, 3.8) is 0 Å². The lowest BCUT2D eigenvalue weighted by atomic mass is 9.87. The number of halogens is 2. The number of carbonyl (C=O) groups excluding carboxylic acids is 3. The number of rotatable bonds is 12. The Morgan fingerprint density at radius 1 is 0.939 bits per heavy atom. The van der Waals surface area contributed by atoms with E-state index in [0.717, 1.165) is 43.3 Å². The smallest absolute Gasteiger partial charge is 0.308 e. The van der Waals surface area contributed by atoms with Crippen LogP contribution in [0.1, 0.15) is 67.8 Å². The highest BCUT2D eigenvalue weighted by atomic mass is 35.5. The summed E-state index contributed by atoms with van der Waals surface area (Å²) in [7, 11) is 3.60. The number of anilines is 1. The molecule has 3 aromatic rings. The predicted octanol–water partition coefficient (Wildman–Crippen LogP) is 6.46. The zero-order valence-corrected chi connectivity index (χ0v) is 30.0. The summed E-state index contributed by atoms with van der Waals surface area (Å²) >= 11 is 13.6. The Hall–Kier alpha value is -2.99. The number of likely N-dealkylation sites (tertiary alicyclic amines) is 2. The average Bonchev–Trinajstić information content (AvgIpc) is 3.88. The van der Waals surface area contributed by atoms with Gasteiger partial charge in [0.1, 0.15) is 0 Å². The molecule has 1 aliphatic carbocycles. The maximum atomic E-state index is 14.9. The fraction of sp³-hybridized carbons (Fsp3) is 0.541. The molecule has 0 radical (unpaired) electrons. The van der Waals surface area contributed by atoms with Crippen LogP contribution in [0.4, 0.5) is 5.69 Å². The number of amides is 1. The van der Waals surface area contributed by atoms with Crippen LogP contribution in [0, 0.1) is 5.92 Å². The van der Waals surface area contributed by atoms with Gasteiger partial charge in [0.2, 0.25) is 5.85 Å². The van der Waals surface area contributed by atoms with E-state index in [0.29, 0.717) is 67.2 Å². The maximum Gasteiger partial charge on any atom is 0.308 e. The fourth-order valence-electron chi connectivity index (χ4n) is 7.71. The van der Waals surface area contributed by atoms with Crippen LogP contribution in [0.2, 0.25) is 10.0 Å². The molecule has 1 N–H and O–H groups in total. The highest BCUT2D eigenvalue weighted by Crippen LogP contribution is 2.39. The molecular formula is C37H46Cl2N4O6. The van der Waals surface area contributed by atoms with Crippen LogP contribution in [-0.2, 0) is 37.3 Å². The first kappa shape index (κ1) is 35.8. The van der Waals surface area contributed by atoms with Crippen LogP contribution in [0.3, 0.4) is 0 Å². The van der Waals surface area contributed by atoms with Crippen molar-refractivity contribution in [2.24, 2.45) is 13.0 Å². The molecule has 10 nitrogen and oxygen atoms in total. The summed E-state index contributed by atoms with van der Waals surface area (Å²) in [6, 6.07) is 11.0.